The Balaban J connectivity index is 1.76. The molecule has 0 amide bonds. The van der Waals surface area contributed by atoms with Crippen molar-refractivity contribution in [1.82, 2.24) is 14.7 Å². The van der Waals surface area contributed by atoms with Crippen LogP contribution in [0.15, 0.2) is 52.8 Å². The molecular weight excluding hydrogens is 258 g/mol. The molecule has 0 saturated carbocycles. The molecule has 0 aliphatic rings. The highest BCUT2D eigenvalue weighted by Gasteiger charge is 2.01. The summed E-state index contributed by atoms with van der Waals surface area (Å²) in [6.07, 6.45) is 1.73. The SMILES string of the molecule is O=c1cc(CNCc2cccs2)nc2ccccn12. The van der Waals surface area contributed by atoms with Gasteiger partial charge in [-0.2, -0.15) is 0 Å². The maximum Gasteiger partial charge on any atom is 0.258 e. The Morgan fingerprint density at radius 1 is 1.21 bits per heavy atom. The van der Waals surface area contributed by atoms with Crippen molar-refractivity contribution in [1.29, 1.82) is 0 Å². The van der Waals surface area contributed by atoms with Gasteiger partial charge in [-0.15, -0.1) is 11.3 Å². The third-order valence-corrected chi connectivity index (χ3v) is 3.69. The molecule has 0 radical (unpaired) electrons. The standard InChI is InChI=1S/C14H13N3OS/c18-14-8-11(9-15-10-12-4-3-7-19-12)16-13-5-1-2-6-17(13)14/h1-8,15H,9-10H2. The van der Waals surface area contributed by atoms with Crippen LogP contribution >= 0.6 is 11.3 Å². The summed E-state index contributed by atoms with van der Waals surface area (Å²) in [7, 11) is 0. The van der Waals surface area contributed by atoms with Gasteiger partial charge in [-0.25, -0.2) is 4.98 Å². The lowest BCUT2D eigenvalue weighted by Gasteiger charge is -2.05. The summed E-state index contributed by atoms with van der Waals surface area (Å²) in [6.45, 7) is 1.39. The van der Waals surface area contributed by atoms with Gasteiger partial charge in [0.1, 0.15) is 5.65 Å². The summed E-state index contributed by atoms with van der Waals surface area (Å²) in [4.78, 5) is 17.6. The molecule has 0 bridgehead atoms. The Kier molecular flexibility index (Phi) is 3.39. The van der Waals surface area contributed by atoms with Gasteiger partial charge in [0.25, 0.3) is 5.56 Å². The molecule has 0 aromatic carbocycles. The molecule has 0 saturated heterocycles. The van der Waals surface area contributed by atoms with Crippen LogP contribution in [0.4, 0.5) is 0 Å². The highest BCUT2D eigenvalue weighted by molar-refractivity contribution is 7.09. The van der Waals surface area contributed by atoms with Gasteiger partial charge in [0.2, 0.25) is 0 Å². The first-order valence-corrected chi connectivity index (χ1v) is 6.91. The average Bonchev–Trinajstić information content (AvgIpc) is 2.92. The number of hydrogen-bond donors (Lipinski definition) is 1. The van der Waals surface area contributed by atoms with E-state index >= 15 is 0 Å². The number of thiophene rings is 1. The largest absolute Gasteiger partial charge is 0.306 e. The lowest BCUT2D eigenvalue weighted by molar-refractivity contribution is 0.685. The van der Waals surface area contributed by atoms with Crippen LogP contribution in [0.3, 0.4) is 0 Å². The normalized spacial score (nSPS) is 10.9. The van der Waals surface area contributed by atoms with Gasteiger partial charge in [-0.3, -0.25) is 9.20 Å². The number of hydrogen-bond acceptors (Lipinski definition) is 4. The third-order valence-electron chi connectivity index (χ3n) is 2.81. The van der Waals surface area contributed by atoms with Crippen LogP contribution in [-0.4, -0.2) is 9.38 Å². The molecule has 3 aromatic rings. The second-order valence-electron chi connectivity index (χ2n) is 4.20. The number of fused-ring (bicyclic) bond motifs is 1. The van der Waals surface area contributed by atoms with Crippen LogP contribution in [0.25, 0.3) is 5.65 Å². The first-order valence-electron chi connectivity index (χ1n) is 6.03. The van der Waals surface area contributed by atoms with Gasteiger partial charge in [-0.1, -0.05) is 12.1 Å². The molecule has 0 unspecified atom stereocenters. The molecule has 0 fully saturated rings. The van der Waals surface area contributed by atoms with Gasteiger partial charge >= 0.3 is 0 Å². The fourth-order valence-electron chi connectivity index (χ4n) is 1.92. The van der Waals surface area contributed by atoms with Crippen LogP contribution in [0, 0.1) is 0 Å². The Morgan fingerprint density at radius 3 is 3.00 bits per heavy atom. The molecule has 4 nitrogen and oxygen atoms in total. The average molecular weight is 271 g/mol. The van der Waals surface area contributed by atoms with E-state index < -0.39 is 0 Å². The Labute approximate surface area is 114 Å². The topological polar surface area (TPSA) is 46.4 Å². The molecule has 0 aliphatic heterocycles. The van der Waals surface area contributed by atoms with Crippen molar-refractivity contribution in [3.63, 3.8) is 0 Å². The van der Waals surface area contributed by atoms with Crippen LogP contribution < -0.4 is 10.9 Å². The maximum absolute atomic E-state index is 11.9. The molecule has 0 aliphatic carbocycles. The highest BCUT2D eigenvalue weighted by atomic mass is 32.1. The van der Waals surface area contributed by atoms with E-state index in [4.69, 9.17) is 0 Å². The van der Waals surface area contributed by atoms with Gasteiger partial charge in [0, 0.05) is 30.2 Å². The van der Waals surface area contributed by atoms with Crippen molar-refractivity contribution >= 4 is 17.0 Å². The first kappa shape index (κ1) is 12.1. The lowest BCUT2D eigenvalue weighted by atomic mass is 10.3. The van der Waals surface area contributed by atoms with Crippen LogP contribution in [0.1, 0.15) is 10.6 Å². The first-order chi connectivity index (χ1) is 9.33. The zero-order valence-electron chi connectivity index (χ0n) is 10.2. The number of pyridine rings is 1. The second kappa shape index (κ2) is 5.34. The predicted molar refractivity (Wildman–Crippen MR) is 76.3 cm³/mol. The van der Waals surface area contributed by atoms with E-state index in [2.05, 4.69) is 21.7 Å². The van der Waals surface area contributed by atoms with Crippen LogP contribution in [0.5, 0.6) is 0 Å². The fourth-order valence-corrected chi connectivity index (χ4v) is 2.59. The Hall–Kier alpha value is -1.98. The summed E-state index contributed by atoms with van der Waals surface area (Å²) in [5, 5.41) is 5.35. The van der Waals surface area contributed by atoms with Gasteiger partial charge in [0.05, 0.1) is 5.69 Å². The summed E-state index contributed by atoms with van der Waals surface area (Å²) < 4.78 is 1.54. The van der Waals surface area contributed by atoms with Crippen LogP contribution in [-0.2, 0) is 13.1 Å². The lowest BCUT2D eigenvalue weighted by Crippen LogP contribution is -2.19. The Morgan fingerprint density at radius 2 is 2.16 bits per heavy atom. The minimum absolute atomic E-state index is 0.0430. The van der Waals surface area contributed by atoms with Gasteiger partial charge in [0.15, 0.2) is 0 Å². The maximum atomic E-state index is 11.9. The minimum Gasteiger partial charge on any atom is -0.306 e. The molecule has 19 heavy (non-hydrogen) atoms. The summed E-state index contributed by atoms with van der Waals surface area (Å²) in [6, 6.07) is 11.2. The van der Waals surface area contributed by atoms with E-state index in [-0.39, 0.29) is 5.56 Å². The van der Waals surface area contributed by atoms with Crippen molar-refractivity contribution in [2.24, 2.45) is 0 Å². The number of nitrogens with zero attached hydrogens (tertiary/aromatic N) is 2. The second-order valence-corrected chi connectivity index (χ2v) is 5.23. The molecule has 5 heteroatoms. The van der Waals surface area contributed by atoms with Crippen molar-refractivity contribution in [3.05, 3.63) is 68.9 Å². The van der Waals surface area contributed by atoms with Crippen molar-refractivity contribution < 1.29 is 0 Å². The fraction of sp³-hybridized carbons (Fsp3) is 0.143. The van der Waals surface area contributed by atoms with E-state index in [9.17, 15) is 4.79 Å². The highest BCUT2D eigenvalue weighted by Crippen LogP contribution is 2.07. The summed E-state index contributed by atoms with van der Waals surface area (Å²) >= 11 is 1.72. The summed E-state index contributed by atoms with van der Waals surface area (Å²) in [5.41, 5.74) is 1.41. The van der Waals surface area contributed by atoms with Gasteiger partial charge < -0.3 is 5.32 Å². The zero-order chi connectivity index (χ0) is 13.1. The Bertz CT molecular complexity index is 734. The predicted octanol–water partition coefficient (Wildman–Crippen LogP) is 2.05. The molecule has 0 spiro atoms. The van der Waals surface area contributed by atoms with Crippen molar-refractivity contribution in [2.75, 3.05) is 0 Å². The zero-order valence-corrected chi connectivity index (χ0v) is 11.1. The van der Waals surface area contributed by atoms with Crippen LogP contribution in [0.2, 0.25) is 0 Å². The molecule has 3 heterocycles. The minimum atomic E-state index is -0.0430. The quantitative estimate of drug-likeness (QED) is 0.790. The molecule has 3 rings (SSSR count). The number of nitrogens with one attached hydrogen (secondary N) is 1. The number of rotatable bonds is 4. The van der Waals surface area contributed by atoms with E-state index in [1.54, 1.807) is 28.0 Å². The molecule has 0 atom stereocenters. The third kappa shape index (κ3) is 2.72. The molecule has 3 aromatic heterocycles. The molecular formula is C14H13N3OS. The number of aromatic nitrogens is 2. The van der Waals surface area contributed by atoms with E-state index in [0.29, 0.717) is 12.2 Å². The van der Waals surface area contributed by atoms with Gasteiger partial charge in [-0.05, 0) is 23.6 Å². The van der Waals surface area contributed by atoms with Crippen molar-refractivity contribution in [2.45, 2.75) is 13.1 Å². The molecule has 1 N–H and O–H groups in total. The summed E-state index contributed by atoms with van der Waals surface area (Å²) in [5.74, 6) is 0. The smallest absolute Gasteiger partial charge is 0.258 e. The van der Waals surface area contributed by atoms with E-state index in [0.717, 1.165) is 12.2 Å². The monoisotopic (exact) mass is 271 g/mol. The van der Waals surface area contributed by atoms with E-state index in [1.807, 2.05) is 24.3 Å². The molecule has 96 valence electrons. The van der Waals surface area contributed by atoms with Crippen molar-refractivity contribution in [3.8, 4) is 0 Å². The van der Waals surface area contributed by atoms with E-state index in [1.165, 1.54) is 4.88 Å².